The second-order valence-electron chi connectivity index (χ2n) is 5.51. The Kier molecular flexibility index (Phi) is 5.31. The van der Waals surface area contributed by atoms with Crippen LogP contribution in [0, 0.1) is 0 Å². The van der Waals surface area contributed by atoms with E-state index in [1.54, 1.807) is 0 Å². The Morgan fingerprint density at radius 1 is 0.950 bits per heavy atom. The standard InChI is InChI=1S/C16H23NOSi2/c1-18-19(15-10-6-4-7-11-15)14-17-20(2,3)16-12-8-5-9-13-16/h4-13,17,19H,14H2,1-3H3. The van der Waals surface area contributed by atoms with Crippen molar-refractivity contribution in [2.45, 2.75) is 13.1 Å². The van der Waals surface area contributed by atoms with Gasteiger partial charge in [0.05, 0.1) is 0 Å². The molecule has 0 aliphatic rings. The molecule has 106 valence electrons. The van der Waals surface area contributed by atoms with E-state index in [0.29, 0.717) is 0 Å². The highest BCUT2D eigenvalue weighted by molar-refractivity contribution is 6.88. The number of hydrogen-bond acceptors (Lipinski definition) is 2. The van der Waals surface area contributed by atoms with Gasteiger partial charge < -0.3 is 9.41 Å². The first-order chi connectivity index (χ1) is 9.63. The molecular formula is C16H23NOSi2. The molecule has 20 heavy (non-hydrogen) atoms. The summed E-state index contributed by atoms with van der Waals surface area (Å²) in [6.45, 7) is 4.71. The Labute approximate surface area is 124 Å². The van der Waals surface area contributed by atoms with Crippen molar-refractivity contribution in [3.63, 3.8) is 0 Å². The van der Waals surface area contributed by atoms with Crippen LogP contribution in [0.3, 0.4) is 0 Å². The molecule has 2 aromatic carbocycles. The molecule has 0 amide bonds. The summed E-state index contributed by atoms with van der Waals surface area (Å²) in [5, 5.41) is 2.80. The SMILES string of the molecule is CO[SiH](CN[Si](C)(C)c1ccccc1)c1ccccc1. The second kappa shape index (κ2) is 6.99. The van der Waals surface area contributed by atoms with E-state index in [1.807, 2.05) is 7.11 Å². The van der Waals surface area contributed by atoms with Gasteiger partial charge in [0.2, 0.25) is 9.04 Å². The maximum absolute atomic E-state index is 5.77. The summed E-state index contributed by atoms with van der Waals surface area (Å²) >= 11 is 0. The number of rotatable bonds is 6. The van der Waals surface area contributed by atoms with Crippen LogP contribution in [-0.2, 0) is 4.43 Å². The zero-order valence-electron chi connectivity index (χ0n) is 12.5. The first-order valence-electron chi connectivity index (χ1n) is 7.02. The van der Waals surface area contributed by atoms with Gasteiger partial charge in [-0.1, -0.05) is 73.8 Å². The number of nitrogens with one attached hydrogen (secondary N) is 1. The van der Waals surface area contributed by atoms with Crippen LogP contribution in [0.15, 0.2) is 60.7 Å². The molecule has 0 aliphatic heterocycles. The lowest BCUT2D eigenvalue weighted by molar-refractivity contribution is 0.428. The minimum Gasteiger partial charge on any atom is -0.417 e. The summed E-state index contributed by atoms with van der Waals surface area (Å²) in [7, 11) is -1.12. The fourth-order valence-corrected chi connectivity index (χ4v) is 7.65. The molecule has 0 saturated carbocycles. The van der Waals surface area contributed by atoms with Crippen LogP contribution in [-0.4, -0.2) is 30.6 Å². The average molecular weight is 302 g/mol. The van der Waals surface area contributed by atoms with Crippen LogP contribution in [0.4, 0.5) is 0 Å². The van der Waals surface area contributed by atoms with E-state index in [-0.39, 0.29) is 0 Å². The van der Waals surface area contributed by atoms with Gasteiger partial charge in [-0.15, -0.1) is 0 Å². The molecule has 1 atom stereocenters. The third kappa shape index (κ3) is 3.90. The molecule has 2 aromatic rings. The van der Waals surface area contributed by atoms with Crippen molar-refractivity contribution in [1.82, 2.24) is 4.98 Å². The van der Waals surface area contributed by atoms with Crippen molar-refractivity contribution in [3.05, 3.63) is 60.7 Å². The Balaban J connectivity index is 2.03. The summed E-state index contributed by atoms with van der Waals surface area (Å²) in [5.74, 6) is 0. The Morgan fingerprint density at radius 2 is 1.50 bits per heavy atom. The molecule has 0 fully saturated rings. The highest BCUT2D eigenvalue weighted by Gasteiger charge is 2.25. The first kappa shape index (κ1) is 15.2. The normalized spacial score (nSPS) is 13.2. The molecule has 0 aliphatic carbocycles. The largest absolute Gasteiger partial charge is 0.417 e. The predicted molar refractivity (Wildman–Crippen MR) is 91.8 cm³/mol. The fraction of sp³-hybridized carbons (Fsp3) is 0.250. The second-order valence-corrected chi connectivity index (χ2v) is 12.2. The number of hydrogen-bond donors (Lipinski definition) is 1. The molecule has 0 spiro atoms. The minimum atomic E-state index is -1.59. The highest BCUT2D eigenvalue weighted by Crippen LogP contribution is 2.00. The molecule has 0 aromatic heterocycles. The monoisotopic (exact) mass is 301 g/mol. The van der Waals surface area contributed by atoms with E-state index in [4.69, 9.17) is 4.43 Å². The van der Waals surface area contributed by atoms with Gasteiger partial charge in [-0.2, -0.15) is 0 Å². The third-order valence-corrected chi connectivity index (χ3v) is 9.23. The minimum absolute atomic E-state index is 0.981. The van der Waals surface area contributed by atoms with E-state index in [2.05, 4.69) is 78.7 Å². The van der Waals surface area contributed by atoms with E-state index in [9.17, 15) is 0 Å². The van der Waals surface area contributed by atoms with Crippen molar-refractivity contribution in [3.8, 4) is 0 Å². The lowest BCUT2D eigenvalue weighted by Gasteiger charge is -2.26. The van der Waals surface area contributed by atoms with Gasteiger partial charge in [-0.05, 0) is 10.4 Å². The van der Waals surface area contributed by atoms with Crippen molar-refractivity contribution in [2.24, 2.45) is 0 Å². The summed E-state index contributed by atoms with van der Waals surface area (Å²) in [6.07, 6.45) is 0.981. The Hall–Kier alpha value is -1.21. The zero-order chi connectivity index (χ0) is 14.4. The van der Waals surface area contributed by atoms with Crippen LogP contribution in [0.5, 0.6) is 0 Å². The molecule has 1 unspecified atom stereocenters. The van der Waals surface area contributed by atoms with Gasteiger partial charge in [0.15, 0.2) is 8.24 Å². The summed E-state index contributed by atoms with van der Waals surface area (Å²) in [5.41, 5.74) is 0. The lowest BCUT2D eigenvalue weighted by Crippen LogP contribution is -2.59. The van der Waals surface area contributed by atoms with Gasteiger partial charge in [0.1, 0.15) is 0 Å². The zero-order valence-corrected chi connectivity index (χ0v) is 14.6. The van der Waals surface area contributed by atoms with Crippen molar-refractivity contribution < 1.29 is 4.43 Å². The molecule has 2 rings (SSSR count). The van der Waals surface area contributed by atoms with Crippen LogP contribution in [0.1, 0.15) is 0 Å². The van der Waals surface area contributed by atoms with Crippen molar-refractivity contribution >= 4 is 27.6 Å². The molecule has 0 heterocycles. The van der Waals surface area contributed by atoms with Crippen LogP contribution >= 0.6 is 0 Å². The average Bonchev–Trinajstić information content (AvgIpc) is 2.50. The first-order valence-corrected chi connectivity index (χ1v) is 11.9. The Bertz CT molecular complexity index is 517. The molecule has 4 heteroatoms. The summed E-state index contributed by atoms with van der Waals surface area (Å²) in [6, 6.07) is 21.4. The van der Waals surface area contributed by atoms with Crippen LogP contribution in [0.2, 0.25) is 13.1 Å². The number of benzene rings is 2. The lowest BCUT2D eigenvalue weighted by atomic mass is 10.4. The highest BCUT2D eigenvalue weighted by atomic mass is 28.3. The topological polar surface area (TPSA) is 21.3 Å². The quantitative estimate of drug-likeness (QED) is 0.817. The maximum atomic E-state index is 5.77. The van der Waals surface area contributed by atoms with E-state index in [0.717, 1.165) is 6.17 Å². The van der Waals surface area contributed by atoms with E-state index < -0.39 is 17.3 Å². The molecule has 1 N–H and O–H groups in total. The smallest absolute Gasteiger partial charge is 0.220 e. The summed E-state index contributed by atoms with van der Waals surface area (Å²) < 4.78 is 5.77. The van der Waals surface area contributed by atoms with Crippen molar-refractivity contribution in [2.75, 3.05) is 13.3 Å². The molecule has 0 saturated heterocycles. The summed E-state index contributed by atoms with van der Waals surface area (Å²) in [4.78, 5) is 3.80. The Morgan fingerprint density at radius 3 is 2.05 bits per heavy atom. The van der Waals surface area contributed by atoms with Gasteiger partial charge in [-0.3, -0.25) is 0 Å². The van der Waals surface area contributed by atoms with Crippen LogP contribution in [0.25, 0.3) is 0 Å². The predicted octanol–water partition coefficient (Wildman–Crippen LogP) is 1.50. The molecular weight excluding hydrogens is 278 g/mol. The molecule has 0 bridgehead atoms. The van der Waals surface area contributed by atoms with Gasteiger partial charge in [0.25, 0.3) is 0 Å². The molecule has 0 radical (unpaired) electrons. The van der Waals surface area contributed by atoms with Crippen molar-refractivity contribution in [1.29, 1.82) is 0 Å². The third-order valence-electron chi connectivity index (χ3n) is 3.68. The van der Waals surface area contributed by atoms with Gasteiger partial charge in [0, 0.05) is 13.3 Å². The van der Waals surface area contributed by atoms with Gasteiger partial charge in [-0.25, -0.2) is 0 Å². The molecule has 2 nitrogen and oxygen atoms in total. The fourth-order valence-electron chi connectivity index (χ4n) is 2.31. The van der Waals surface area contributed by atoms with Gasteiger partial charge >= 0.3 is 0 Å². The van der Waals surface area contributed by atoms with Crippen LogP contribution < -0.4 is 15.4 Å². The van der Waals surface area contributed by atoms with E-state index >= 15 is 0 Å². The maximum Gasteiger partial charge on any atom is 0.220 e. The van der Waals surface area contributed by atoms with E-state index in [1.165, 1.54) is 10.4 Å².